The number of hydrogen-bond acceptors (Lipinski definition) is 6. The highest BCUT2D eigenvalue weighted by molar-refractivity contribution is 6.62. The number of methoxy groups -OCH3 is 2. The van der Waals surface area contributed by atoms with E-state index in [1.807, 2.05) is 78.9 Å². The zero-order valence-electron chi connectivity index (χ0n) is 20.9. The van der Waals surface area contributed by atoms with Gasteiger partial charge in [0, 0.05) is 0 Å². The normalized spacial score (nSPS) is 18.6. The molecule has 8 heteroatoms. The number of ketones is 1. The van der Waals surface area contributed by atoms with Crippen LogP contribution in [0.25, 0.3) is 16.3 Å². The quantitative estimate of drug-likeness (QED) is 0.113. The molecule has 8 nitrogen and oxygen atoms in total. The van der Waals surface area contributed by atoms with Crippen LogP contribution in [0.4, 0.5) is 5.69 Å². The number of carbonyl (C=O) groups excluding carboxylic acids is 2. The SMILES string of the molecule is COC(=O)C(=[N+]=[N-])C(=O)[C@@H]1[C@@H](c2cccc(OC)c2)ON(c2ccccc2)[C@H]1c1cccc2ccccc12. The van der Waals surface area contributed by atoms with Crippen molar-refractivity contribution in [2.24, 2.45) is 5.92 Å². The molecule has 0 saturated carbocycles. The molecule has 38 heavy (non-hydrogen) atoms. The first-order valence-electron chi connectivity index (χ1n) is 12.0. The number of ether oxygens (including phenoxy) is 2. The fourth-order valence-electron chi connectivity index (χ4n) is 5.00. The molecule has 0 bridgehead atoms. The van der Waals surface area contributed by atoms with Gasteiger partial charge in [-0.1, -0.05) is 72.8 Å². The summed E-state index contributed by atoms with van der Waals surface area (Å²) in [5.41, 5.74) is 11.2. The van der Waals surface area contributed by atoms with E-state index in [0.29, 0.717) is 17.0 Å². The highest BCUT2D eigenvalue weighted by Gasteiger charge is 2.54. The number of hydrogen-bond donors (Lipinski definition) is 0. The van der Waals surface area contributed by atoms with Crippen LogP contribution in [-0.4, -0.2) is 36.5 Å². The molecule has 3 atom stereocenters. The van der Waals surface area contributed by atoms with Crippen molar-refractivity contribution in [1.82, 2.24) is 0 Å². The first-order valence-corrected chi connectivity index (χ1v) is 12.0. The van der Waals surface area contributed by atoms with E-state index in [1.54, 1.807) is 30.4 Å². The fourth-order valence-corrected chi connectivity index (χ4v) is 5.00. The Morgan fingerprint density at radius 2 is 1.61 bits per heavy atom. The molecule has 0 aliphatic carbocycles. The van der Waals surface area contributed by atoms with Crippen LogP contribution < -0.4 is 9.80 Å². The number of benzene rings is 4. The number of anilines is 1. The minimum atomic E-state index is -1.03. The van der Waals surface area contributed by atoms with Crippen LogP contribution in [0.5, 0.6) is 5.75 Å². The summed E-state index contributed by atoms with van der Waals surface area (Å²) >= 11 is 0. The zero-order chi connectivity index (χ0) is 26.6. The van der Waals surface area contributed by atoms with Crippen LogP contribution in [0, 0.1) is 5.92 Å². The highest BCUT2D eigenvalue weighted by Crippen LogP contribution is 2.50. The largest absolute Gasteiger partial charge is 0.497 e. The lowest BCUT2D eigenvalue weighted by atomic mass is 9.80. The van der Waals surface area contributed by atoms with E-state index in [2.05, 4.69) is 4.79 Å². The smallest absolute Gasteiger partial charge is 0.441 e. The van der Waals surface area contributed by atoms with E-state index < -0.39 is 35.5 Å². The number of nitrogens with zero attached hydrogens (tertiary/aromatic N) is 3. The summed E-state index contributed by atoms with van der Waals surface area (Å²) in [6.45, 7) is 0. The number of rotatable bonds is 7. The monoisotopic (exact) mass is 507 g/mol. The predicted octanol–water partition coefficient (Wildman–Crippen LogP) is 5.11. The van der Waals surface area contributed by atoms with Crippen molar-refractivity contribution in [3.63, 3.8) is 0 Å². The molecule has 1 aliphatic heterocycles. The summed E-state index contributed by atoms with van der Waals surface area (Å²) in [6, 6.07) is 29.6. The van der Waals surface area contributed by atoms with Crippen LogP contribution in [0.3, 0.4) is 0 Å². The number of hydroxylamine groups is 1. The van der Waals surface area contributed by atoms with Crippen molar-refractivity contribution in [2.75, 3.05) is 19.3 Å². The molecule has 1 saturated heterocycles. The number of esters is 1. The van der Waals surface area contributed by atoms with Gasteiger partial charge in [0.1, 0.15) is 11.9 Å². The van der Waals surface area contributed by atoms with Crippen LogP contribution >= 0.6 is 0 Å². The molecule has 5 rings (SSSR count). The van der Waals surface area contributed by atoms with Crippen molar-refractivity contribution in [3.05, 3.63) is 114 Å². The summed E-state index contributed by atoms with van der Waals surface area (Å²) in [5, 5.41) is 3.60. The Morgan fingerprint density at radius 1 is 0.895 bits per heavy atom. The standard InChI is InChI=1S/C30H25N3O5/c1-36-22-15-8-12-20(18-22)29-25(28(34)26(32-31)30(35)37-2)27(33(38-29)21-13-4-3-5-14-21)24-17-9-11-19-10-6-7-16-23(19)24/h3-18,25,27,29H,1-2H3/t25-,27+,29-/m1/s1. The van der Waals surface area contributed by atoms with Gasteiger partial charge in [-0.05, 0) is 46.2 Å². The molecule has 0 unspecified atom stereocenters. The Bertz CT molecular complexity index is 1540. The second kappa shape index (κ2) is 10.7. The second-order valence-electron chi connectivity index (χ2n) is 8.81. The average Bonchev–Trinajstić information content (AvgIpc) is 3.38. The van der Waals surface area contributed by atoms with Crippen LogP contribution in [0.15, 0.2) is 97.1 Å². The van der Waals surface area contributed by atoms with Gasteiger partial charge < -0.3 is 15.0 Å². The molecule has 0 spiro atoms. The van der Waals surface area contributed by atoms with Crippen molar-refractivity contribution in [2.45, 2.75) is 12.1 Å². The third kappa shape index (κ3) is 4.43. The van der Waals surface area contributed by atoms with E-state index in [9.17, 15) is 15.1 Å². The van der Waals surface area contributed by atoms with Crippen molar-refractivity contribution < 1.29 is 28.7 Å². The molecule has 4 aromatic carbocycles. The van der Waals surface area contributed by atoms with Gasteiger partial charge in [-0.2, -0.15) is 4.79 Å². The van der Waals surface area contributed by atoms with Gasteiger partial charge in [-0.15, -0.1) is 0 Å². The Morgan fingerprint density at radius 3 is 2.34 bits per heavy atom. The molecule has 1 aliphatic rings. The second-order valence-corrected chi connectivity index (χ2v) is 8.81. The fraction of sp³-hybridized carbons (Fsp3) is 0.167. The lowest BCUT2D eigenvalue weighted by Crippen LogP contribution is -2.37. The molecule has 1 fully saturated rings. The summed E-state index contributed by atoms with van der Waals surface area (Å²) in [6.07, 6.45) is -0.844. The maximum absolute atomic E-state index is 14.1. The number of Topliss-reactive ketones (excluding diaryl/α,β-unsaturated/α-hetero) is 1. The predicted molar refractivity (Wildman–Crippen MR) is 142 cm³/mol. The van der Waals surface area contributed by atoms with Crippen LogP contribution in [-0.2, 0) is 19.2 Å². The Balaban J connectivity index is 1.77. The molecule has 0 N–H and O–H groups in total. The number of carbonyl (C=O) groups is 2. The van der Waals surface area contributed by atoms with Gasteiger partial charge >= 0.3 is 11.7 Å². The molecule has 0 radical (unpaired) electrons. The van der Waals surface area contributed by atoms with Gasteiger partial charge in [0.05, 0.1) is 31.9 Å². The molecule has 0 amide bonds. The van der Waals surface area contributed by atoms with Crippen molar-refractivity contribution >= 4 is 33.9 Å². The minimum absolute atomic E-state index is 0.584. The Hall–Kier alpha value is -4.78. The summed E-state index contributed by atoms with van der Waals surface area (Å²) < 4.78 is 10.2. The van der Waals surface area contributed by atoms with E-state index in [-0.39, 0.29) is 0 Å². The van der Waals surface area contributed by atoms with Crippen molar-refractivity contribution in [1.29, 1.82) is 0 Å². The minimum Gasteiger partial charge on any atom is -0.497 e. The third-order valence-electron chi connectivity index (χ3n) is 6.74. The summed E-state index contributed by atoms with van der Waals surface area (Å²) in [7, 11) is 2.68. The van der Waals surface area contributed by atoms with Crippen LogP contribution in [0.2, 0.25) is 0 Å². The molecular weight excluding hydrogens is 482 g/mol. The Kier molecular flexibility index (Phi) is 7.00. The maximum Gasteiger partial charge on any atom is 0.441 e. The Labute approximate surface area is 219 Å². The van der Waals surface area contributed by atoms with Gasteiger partial charge in [-0.25, -0.2) is 9.86 Å². The first-order chi connectivity index (χ1) is 18.6. The van der Waals surface area contributed by atoms with Gasteiger partial charge in [0.25, 0.3) is 5.78 Å². The summed E-state index contributed by atoms with van der Waals surface area (Å²) in [5.74, 6) is -2.14. The average molecular weight is 508 g/mol. The van der Waals surface area contributed by atoms with E-state index in [0.717, 1.165) is 23.4 Å². The van der Waals surface area contributed by atoms with Gasteiger partial charge in [0.15, 0.2) is 0 Å². The zero-order valence-corrected chi connectivity index (χ0v) is 20.9. The maximum atomic E-state index is 14.1. The highest BCUT2D eigenvalue weighted by atomic mass is 16.7. The van der Waals surface area contributed by atoms with Crippen molar-refractivity contribution in [3.8, 4) is 5.75 Å². The van der Waals surface area contributed by atoms with E-state index >= 15 is 0 Å². The first kappa shape index (κ1) is 24.9. The van der Waals surface area contributed by atoms with Gasteiger partial charge in [0.2, 0.25) is 0 Å². The van der Waals surface area contributed by atoms with Gasteiger partial charge in [-0.3, -0.25) is 9.63 Å². The molecule has 4 aromatic rings. The number of para-hydroxylation sites is 1. The van der Waals surface area contributed by atoms with E-state index in [1.165, 1.54) is 0 Å². The molecular formula is C30H25N3O5. The third-order valence-corrected chi connectivity index (χ3v) is 6.74. The van der Waals surface area contributed by atoms with Crippen LogP contribution in [0.1, 0.15) is 23.3 Å². The molecule has 0 aromatic heterocycles. The number of fused-ring (bicyclic) bond motifs is 1. The lowest BCUT2D eigenvalue weighted by molar-refractivity contribution is -0.140. The topological polar surface area (TPSA) is 101 Å². The molecule has 190 valence electrons. The molecule has 1 heterocycles. The summed E-state index contributed by atoms with van der Waals surface area (Å²) in [4.78, 5) is 36.2. The van der Waals surface area contributed by atoms with E-state index in [4.69, 9.17) is 14.3 Å². The lowest BCUT2D eigenvalue weighted by Gasteiger charge is -2.27.